The van der Waals surface area contributed by atoms with Crippen LogP contribution in [0.4, 0.5) is 4.79 Å². The minimum Gasteiger partial charge on any atom is -0.466 e. The van der Waals surface area contributed by atoms with Gasteiger partial charge in [0.1, 0.15) is 11.4 Å². The van der Waals surface area contributed by atoms with E-state index in [1.165, 1.54) is 19.8 Å². The minimum atomic E-state index is -3.79. The molecular weight excluding hydrogens is 613 g/mol. The number of halogens is 1. The van der Waals surface area contributed by atoms with Crippen LogP contribution in [-0.4, -0.2) is 52.0 Å². The highest BCUT2D eigenvalue weighted by Gasteiger charge is 2.37. The van der Waals surface area contributed by atoms with Crippen LogP contribution in [0.25, 0.3) is 0 Å². The number of hydrogen-bond donors (Lipinski definition) is 1. The maximum atomic E-state index is 12.9. The molecule has 2 rings (SSSR count). The van der Waals surface area contributed by atoms with Gasteiger partial charge in [0.15, 0.2) is 6.79 Å². The predicted octanol–water partition coefficient (Wildman–Crippen LogP) is 8.84. The van der Waals surface area contributed by atoms with Crippen molar-refractivity contribution in [1.82, 2.24) is 5.32 Å². The smallest absolute Gasteiger partial charge is 0.466 e. The lowest BCUT2D eigenvalue weighted by Crippen LogP contribution is -2.53. The van der Waals surface area contributed by atoms with Crippen molar-refractivity contribution in [2.45, 2.75) is 94.1 Å². The van der Waals surface area contributed by atoms with Crippen LogP contribution < -0.4 is 10.1 Å². The van der Waals surface area contributed by atoms with Gasteiger partial charge in [-0.2, -0.15) is 0 Å². The average Bonchev–Trinajstić information content (AvgIpc) is 2.94. The molecule has 0 aliphatic carbocycles. The quantitative estimate of drug-likeness (QED) is 0.124. The second kappa shape index (κ2) is 17.6. The van der Waals surface area contributed by atoms with Gasteiger partial charge in [-0.15, -0.1) is 0 Å². The molecule has 0 aliphatic heterocycles. The molecule has 1 N–H and O–H groups in total. The Labute approximate surface area is 266 Å². The fourth-order valence-corrected chi connectivity index (χ4v) is 6.53. The van der Waals surface area contributed by atoms with Gasteiger partial charge < -0.3 is 19.5 Å². The number of benzene rings is 2. The fourth-order valence-electron chi connectivity index (χ4n) is 4.42. The first kappa shape index (κ1) is 37.4. The SMILES string of the molecule is CCCc1ccc(OCOC)c(Sc2ccc(CC[C@@](CCC)(COP(=O)(OC)OC)NC(=O)OC(C)(C)C)c(Cl)c2)c1. The van der Waals surface area contributed by atoms with Gasteiger partial charge in [-0.05, 0) is 81.8 Å². The summed E-state index contributed by atoms with van der Waals surface area (Å²) in [5.74, 6) is 0.744. The first-order chi connectivity index (χ1) is 20.3. The van der Waals surface area contributed by atoms with Gasteiger partial charge in [-0.1, -0.05) is 62.2 Å². The van der Waals surface area contributed by atoms with E-state index in [0.29, 0.717) is 24.3 Å². The number of aryl methyl sites for hydroxylation is 2. The van der Waals surface area contributed by atoms with Gasteiger partial charge in [-0.25, -0.2) is 9.36 Å². The summed E-state index contributed by atoms with van der Waals surface area (Å²) in [5, 5.41) is 3.59. The first-order valence-corrected chi connectivity index (χ1v) is 17.0. The van der Waals surface area contributed by atoms with Gasteiger partial charge in [0.2, 0.25) is 0 Å². The first-order valence-electron chi connectivity index (χ1n) is 14.4. The highest BCUT2D eigenvalue weighted by Crippen LogP contribution is 2.48. The molecule has 9 nitrogen and oxygen atoms in total. The number of nitrogens with one attached hydrogen (secondary N) is 1. The number of methoxy groups -OCH3 is 1. The highest BCUT2D eigenvalue weighted by molar-refractivity contribution is 7.99. The van der Waals surface area contributed by atoms with E-state index in [9.17, 15) is 9.36 Å². The summed E-state index contributed by atoms with van der Waals surface area (Å²) in [6, 6.07) is 12.1. The molecule has 0 saturated heterocycles. The molecule has 0 unspecified atom stereocenters. The van der Waals surface area contributed by atoms with Crippen LogP contribution in [-0.2, 0) is 40.5 Å². The normalized spacial score (nSPS) is 13.4. The Bertz CT molecular complexity index is 1220. The summed E-state index contributed by atoms with van der Waals surface area (Å²) < 4.78 is 44.7. The number of alkyl carbamates (subject to hydrolysis) is 1. The van der Waals surface area contributed by atoms with Crippen molar-refractivity contribution in [2.75, 3.05) is 34.7 Å². The number of rotatable bonds is 18. The maximum absolute atomic E-state index is 12.9. The summed E-state index contributed by atoms with van der Waals surface area (Å²) in [4.78, 5) is 14.8. The third-order valence-corrected chi connectivity index (χ3v) is 9.17. The van der Waals surface area contributed by atoms with Crippen molar-refractivity contribution in [3.8, 4) is 5.75 Å². The summed E-state index contributed by atoms with van der Waals surface area (Å²) in [6.07, 6.45) is 3.63. The zero-order chi connectivity index (χ0) is 32.1. The second-order valence-corrected chi connectivity index (χ2v) is 14.6. The molecule has 0 aromatic heterocycles. The molecule has 0 heterocycles. The number of ether oxygens (including phenoxy) is 3. The molecule has 242 valence electrons. The summed E-state index contributed by atoms with van der Waals surface area (Å²) in [6.45, 7) is 9.58. The number of hydrogen-bond acceptors (Lipinski definition) is 9. The minimum absolute atomic E-state index is 0.108. The number of amides is 1. The molecule has 0 saturated carbocycles. The summed E-state index contributed by atoms with van der Waals surface area (Å²) in [5.41, 5.74) is 0.512. The number of carbonyl (C=O) groups is 1. The van der Waals surface area contributed by atoms with Crippen molar-refractivity contribution >= 4 is 37.3 Å². The maximum Gasteiger partial charge on any atom is 0.474 e. The zero-order valence-corrected chi connectivity index (χ0v) is 29.1. The molecule has 0 radical (unpaired) electrons. The van der Waals surface area contributed by atoms with E-state index in [2.05, 4.69) is 24.4 Å². The van der Waals surface area contributed by atoms with E-state index >= 15 is 0 Å². The molecule has 2 aromatic carbocycles. The van der Waals surface area contributed by atoms with Crippen molar-refractivity contribution < 1.29 is 37.1 Å². The Morgan fingerprint density at radius 1 is 0.977 bits per heavy atom. The monoisotopic (exact) mass is 659 g/mol. The molecule has 12 heteroatoms. The lowest BCUT2D eigenvalue weighted by molar-refractivity contribution is 0.0351. The van der Waals surface area contributed by atoms with Crippen LogP contribution in [0.3, 0.4) is 0 Å². The molecule has 0 aliphatic rings. The molecule has 0 fully saturated rings. The van der Waals surface area contributed by atoms with Gasteiger partial charge in [0, 0.05) is 31.2 Å². The van der Waals surface area contributed by atoms with Crippen molar-refractivity contribution in [3.63, 3.8) is 0 Å². The largest absolute Gasteiger partial charge is 0.474 e. The van der Waals surface area contributed by atoms with E-state index in [4.69, 9.17) is 39.4 Å². The van der Waals surface area contributed by atoms with Crippen molar-refractivity contribution in [3.05, 3.63) is 52.5 Å². The third-order valence-electron chi connectivity index (χ3n) is 6.45. The van der Waals surface area contributed by atoms with E-state index in [1.54, 1.807) is 39.6 Å². The average molecular weight is 660 g/mol. The van der Waals surface area contributed by atoms with Gasteiger partial charge in [0.25, 0.3) is 0 Å². The van der Waals surface area contributed by atoms with Gasteiger partial charge in [-0.3, -0.25) is 13.6 Å². The number of carbonyl (C=O) groups excluding carboxylic acids is 1. The van der Waals surface area contributed by atoms with E-state index in [0.717, 1.165) is 40.4 Å². The third kappa shape index (κ3) is 12.6. The Hall–Kier alpha value is -1.78. The van der Waals surface area contributed by atoms with E-state index < -0.39 is 25.1 Å². The van der Waals surface area contributed by atoms with Crippen molar-refractivity contribution in [1.29, 1.82) is 0 Å². The molecule has 2 aromatic rings. The Morgan fingerprint density at radius 2 is 1.70 bits per heavy atom. The van der Waals surface area contributed by atoms with Crippen LogP contribution in [0, 0.1) is 0 Å². The topological polar surface area (TPSA) is 102 Å². The number of phosphoric ester groups is 1. The Morgan fingerprint density at radius 3 is 2.28 bits per heavy atom. The highest BCUT2D eigenvalue weighted by atomic mass is 35.5. The van der Waals surface area contributed by atoms with Gasteiger partial charge >= 0.3 is 13.9 Å². The van der Waals surface area contributed by atoms with Crippen LogP contribution in [0.15, 0.2) is 46.2 Å². The molecule has 1 atom stereocenters. The Kier molecular flexibility index (Phi) is 15.3. The standard InChI is InChI=1S/C31H47ClNO8PS/c1-9-11-23-12-15-27(39-22-36-6)28(19-23)43-25-14-13-24(26(32)20-25)16-18-31(17-10-2,21-40-42(35,37-7)38-8)33-29(34)41-30(3,4)5/h12-15,19-20H,9-11,16-18,21-22H2,1-8H3,(H,33,34)/t31-/m0/s1. The summed E-state index contributed by atoms with van der Waals surface area (Å²) in [7, 11) is 0.301. The fraction of sp³-hybridized carbons (Fsp3) is 0.581. The molecule has 0 spiro atoms. The Balaban J connectivity index is 2.31. The number of phosphoric acid groups is 1. The molecule has 1 amide bonds. The van der Waals surface area contributed by atoms with Crippen molar-refractivity contribution in [2.24, 2.45) is 0 Å². The van der Waals surface area contributed by atoms with E-state index in [1.807, 2.05) is 31.2 Å². The van der Waals surface area contributed by atoms with Crippen LogP contribution in [0.2, 0.25) is 5.02 Å². The van der Waals surface area contributed by atoms with Crippen LogP contribution >= 0.6 is 31.2 Å². The molecule has 43 heavy (non-hydrogen) atoms. The second-order valence-electron chi connectivity index (χ2n) is 11.2. The van der Waals surface area contributed by atoms with Crippen LogP contribution in [0.1, 0.15) is 71.4 Å². The molecular formula is C31H47ClNO8PS. The van der Waals surface area contributed by atoms with Gasteiger partial charge in [0.05, 0.1) is 17.0 Å². The molecule has 0 bridgehead atoms. The summed E-state index contributed by atoms with van der Waals surface area (Å²) >= 11 is 8.37. The zero-order valence-electron chi connectivity index (χ0n) is 26.6. The van der Waals surface area contributed by atoms with Crippen LogP contribution in [0.5, 0.6) is 5.75 Å². The van der Waals surface area contributed by atoms with E-state index in [-0.39, 0.29) is 13.4 Å². The lowest BCUT2D eigenvalue weighted by Gasteiger charge is -2.36. The predicted molar refractivity (Wildman–Crippen MR) is 171 cm³/mol. The lowest BCUT2D eigenvalue weighted by atomic mass is 9.87.